The van der Waals surface area contributed by atoms with E-state index in [1.165, 1.54) is 16.8 Å². The molecule has 1 saturated heterocycles. The molecule has 1 spiro atoms. The van der Waals surface area contributed by atoms with Crippen molar-refractivity contribution >= 4 is 11.6 Å². The monoisotopic (exact) mass is 570 g/mol. The molecule has 0 radical (unpaired) electrons. The molecule has 42 heavy (non-hydrogen) atoms. The van der Waals surface area contributed by atoms with Gasteiger partial charge in [-0.2, -0.15) is 5.10 Å². The highest BCUT2D eigenvalue weighted by Gasteiger charge is 2.55. The number of carbonyl (C=O) groups excluding carboxylic acids is 1. The number of benzene rings is 3. The van der Waals surface area contributed by atoms with Crippen LogP contribution in [0.5, 0.6) is 11.5 Å². The van der Waals surface area contributed by atoms with E-state index in [9.17, 15) is 13.6 Å². The van der Waals surface area contributed by atoms with Crippen molar-refractivity contribution < 1.29 is 23.0 Å². The van der Waals surface area contributed by atoms with Crippen LogP contribution in [-0.4, -0.2) is 53.9 Å². The van der Waals surface area contributed by atoms with Crippen molar-refractivity contribution in [3.05, 3.63) is 89.6 Å². The maximum atomic E-state index is 14.9. The molecule has 1 atom stereocenters. The Morgan fingerprint density at radius 2 is 1.86 bits per heavy atom. The average molecular weight is 571 g/mol. The van der Waals surface area contributed by atoms with Gasteiger partial charge in [0.05, 0.1) is 36.6 Å². The van der Waals surface area contributed by atoms with Crippen LogP contribution >= 0.6 is 0 Å². The molecule has 1 aromatic heterocycles. The minimum absolute atomic E-state index is 0.0234. The first-order valence-corrected chi connectivity index (χ1v) is 14.3. The normalized spacial score (nSPS) is 19.3. The number of likely N-dealkylation sites (tertiary alicyclic amines) is 1. The molecule has 3 aromatic carbocycles. The van der Waals surface area contributed by atoms with E-state index < -0.39 is 17.0 Å². The molecule has 9 heteroatoms. The highest BCUT2D eigenvalue weighted by atomic mass is 19.1. The van der Waals surface area contributed by atoms with E-state index in [2.05, 4.69) is 17.0 Å². The molecule has 3 aliphatic rings. The number of carbonyl (C=O) groups is 1. The fourth-order valence-corrected chi connectivity index (χ4v) is 6.58. The lowest BCUT2D eigenvalue weighted by Crippen LogP contribution is -2.44. The van der Waals surface area contributed by atoms with Gasteiger partial charge in [0.25, 0.3) is 0 Å². The molecular weight excluding hydrogens is 538 g/mol. The Morgan fingerprint density at radius 3 is 2.52 bits per heavy atom. The SMILES string of the molecule is COc1ccc(CN2C(=O)C3(CCC3)c3cc(-c4ccnn4-c4ccc(F)cc4F)cc(OC4CCN(C)C4)c32)cc1. The maximum absolute atomic E-state index is 14.9. The van der Waals surface area contributed by atoms with E-state index in [-0.39, 0.29) is 17.7 Å². The summed E-state index contributed by atoms with van der Waals surface area (Å²) >= 11 is 0. The van der Waals surface area contributed by atoms with Gasteiger partial charge in [0.2, 0.25) is 5.91 Å². The first kappa shape index (κ1) is 26.6. The second-order valence-electron chi connectivity index (χ2n) is 11.6. The molecule has 1 unspecified atom stereocenters. The third kappa shape index (κ3) is 4.34. The molecule has 1 amide bonds. The number of hydrogen-bond acceptors (Lipinski definition) is 5. The van der Waals surface area contributed by atoms with Crippen LogP contribution in [0.1, 0.15) is 36.8 Å². The summed E-state index contributed by atoms with van der Waals surface area (Å²) < 4.78 is 42.1. The maximum Gasteiger partial charge on any atom is 0.238 e. The largest absolute Gasteiger partial charge is 0.497 e. The van der Waals surface area contributed by atoms with Crippen LogP contribution < -0.4 is 14.4 Å². The molecule has 0 bridgehead atoms. The van der Waals surface area contributed by atoms with Crippen LogP contribution in [0.15, 0.2) is 66.9 Å². The number of rotatable bonds is 7. The summed E-state index contributed by atoms with van der Waals surface area (Å²) in [7, 11) is 3.70. The second kappa shape index (κ2) is 10.2. The molecule has 4 aromatic rings. The Balaban J connectivity index is 1.37. The van der Waals surface area contributed by atoms with Crippen molar-refractivity contribution in [3.63, 3.8) is 0 Å². The van der Waals surface area contributed by atoms with Crippen LogP contribution in [0, 0.1) is 11.6 Å². The number of likely N-dealkylation sites (N-methyl/N-ethyl adjacent to an activating group) is 1. The van der Waals surface area contributed by atoms with E-state index in [0.717, 1.165) is 73.0 Å². The highest BCUT2D eigenvalue weighted by molar-refractivity contribution is 6.10. The average Bonchev–Trinajstić information content (AvgIpc) is 3.66. The third-order valence-electron chi connectivity index (χ3n) is 8.94. The molecule has 1 aliphatic carbocycles. The van der Waals surface area contributed by atoms with Crippen molar-refractivity contribution in [2.45, 2.75) is 43.7 Å². The Morgan fingerprint density at radius 1 is 1.05 bits per heavy atom. The van der Waals surface area contributed by atoms with Crippen molar-refractivity contribution in [2.24, 2.45) is 0 Å². The van der Waals surface area contributed by atoms with Crippen molar-refractivity contribution in [2.75, 3.05) is 32.1 Å². The van der Waals surface area contributed by atoms with E-state index in [1.807, 2.05) is 41.3 Å². The van der Waals surface area contributed by atoms with E-state index >= 15 is 0 Å². The number of aromatic nitrogens is 2. The molecule has 0 N–H and O–H groups in total. The van der Waals surface area contributed by atoms with Crippen LogP contribution in [-0.2, 0) is 16.8 Å². The van der Waals surface area contributed by atoms with Crippen molar-refractivity contribution in [1.82, 2.24) is 14.7 Å². The van der Waals surface area contributed by atoms with Crippen LogP contribution in [0.2, 0.25) is 0 Å². The smallest absolute Gasteiger partial charge is 0.238 e. The number of anilines is 1. The molecule has 3 heterocycles. The molecule has 2 fully saturated rings. The Kier molecular flexibility index (Phi) is 6.50. The predicted molar refractivity (Wildman–Crippen MR) is 155 cm³/mol. The second-order valence-corrected chi connectivity index (χ2v) is 11.6. The zero-order valence-corrected chi connectivity index (χ0v) is 23.6. The highest BCUT2D eigenvalue weighted by Crippen LogP contribution is 2.57. The van der Waals surface area contributed by atoms with Gasteiger partial charge < -0.3 is 19.3 Å². The summed E-state index contributed by atoms with van der Waals surface area (Å²) in [6.07, 6.45) is 4.94. The zero-order valence-electron chi connectivity index (χ0n) is 23.6. The number of ether oxygens (including phenoxy) is 2. The van der Waals surface area contributed by atoms with Gasteiger partial charge in [-0.3, -0.25) is 4.79 Å². The third-order valence-corrected chi connectivity index (χ3v) is 8.94. The van der Waals surface area contributed by atoms with Gasteiger partial charge in [-0.15, -0.1) is 0 Å². The number of halogens is 2. The van der Waals surface area contributed by atoms with E-state index in [4.69, 9.17) is 9.47 Å². The lowest BCUT2D eigenvalue weighted by atomic mass is 9.65. The van der Waals surface area contributed by atoms with Gasteiger partial charge in [0.1, 0.15) is 29.1 Å². The standard InChI is InChI=1S/C33H32F2N4O3/c1-37-15-11-25(20-37)42-30-17-22(28-10-14-36-39(28)29-9-6-23(34)18-27(29)35)16-26-31(30)38(32(40)33(26)12-3-13-33)19-21-4-7-24(41-2)8-5-21/h4-10,14,16-18,25H,3,11-13,15,19-20H2,1-2H3. The Hall–Kier alpha value is -4.24. The summed E-state index contributed by atoms with van der Waals surface area (Å²) in [5, 5.41) is 4.38. The van der Waals surface area contributed by atoms with Gasteiger partial charge in [-0.05, 0) is 79.9 Å². The number of hydrogen-bond donors (Lipinski definition) is 0. The topological polar surface area (TPSA) is 59.8 Å². The van der Waals surface area contributed by atoms with Gasteiger partial charge in [0, 0.05) is 24.7 Å². The van der Waals surface area contributed by atoms with Crippen LogP contribution in [0.3, 0.4) is 0 Å². The van der Waals surface area contributed by atoms with Crippen molar-refractivity contribution in [1.29, 1.82) is 0 Å². The zero-order chi connectivity index (χ0) is 29.0. The molecule has 2 aliphatic heterocycles. The number of nitrogens with zero attached hydrogens (tertiary/aromatic N) is 4. The van der Waals surface area contributed by atoms with Crippen LogP contribution in [0.4, 0.5) is 14.5 Å². The van der Waals surface area contributed by atoms with Gasteiger partial charge >= 0.3 is 0 Å². The summed E-state index contributed by atoms with van der Waals surface area (Å²) in [6, 6.07) is 17.0. The first-order chi connectivity index (χ1) is 20.4. The van der Waals surface area contributed by atoms with Gasteiger partial charge in [-0.25, -0.2) is 13.5 Å². The number of fused-ring (bicyclic) bond motifs is 2. The molecular formula is C33H32F2N4O3. The van der Waals surface area contributed by atoms with Gasteiger partial charge in [-0.1, -0.05) is 18.6 Å². The van der Waals surface area contributed by atoms with Crippen LogP contribution in [0.25, 0.3) is 16.9 Å². The lowest BCUT2D eigenvalue weighted by Gasteiger charge is -2.37. The van der Waals surface area contributed by atoms with Crippen molar-refractivity contribution in [3.8, 4) is 28.4 Å². The number of amides is 1. The molecule has 7 rings (SSSR count). The molecule has 1 saturated carbocycles. The quantitative estimate of drug-likeness (QED) is 0.278. The lowest BCUT2D eigenvalue weighted by molar-refractivity contribution is -0.126. The fourth-order valence-electron chi connectivity index (χ4n) is 6.58. The summed E-state index contributed by atoms with van der Waals surface area (Å²) in [6.45, 7) is 2.13. The summed E-state index contributed by atoms with van der Waals surface area (Å²) in [4.78, 5) is 18.3. The number of methoxy groups -OCH3 is 1. The minimum Gasteiger partial charge on any atom is -0.497 e. The predicted octanol–water partition coefficient (Wildman–Crippen LogP) is 5.88. The van der Waals surface area contributed by atoms with E-state index in [1.54, 1.807) is 19.4 Å². The van der Waals surface area contributed by atoms with Gasteiger partial charge in [0.15, 0.2) is 5.82 Å². The first-order valence-electron chi connectivity index (χ1n) is 14.3. The van der Waals surface area contributed by atoms with E-state index in [0.29, 0.717) is 18.0 Å². The fraction of sp³-hybridized carbons (Fsp3) is 0.333. The molecule has 7 nitrogen and oxygen atoms in total. The summed E-state index contributed by atoms with van der Waals surface area (Å²) in [5.74, 6) is 0.129. The Bertz CT molecular complexity index is 1660. The molecule has 216 valence electrons. The minimum atomic E-state index is -0.706. The Labute approximate surface area is 243 Å². The summed E-state index contributed by atoms with van der Waals surface area (Å²) in [5.41, 5.74) is 3.67.